The second kappa shape index (κ2) is 10.4. The maximum Gasteiger partial charge on any atom is 0.247 e. The Morgan fingerprint density at radius 1 is 1.12 bits per heavy atom. The molecule has 1 aromatic carbocycles. The highest BCUT2D eigenvalue weighted by Gasteiger charge is 2.36. The van der Waals surface area contributed by atoms with Crippen molar-refractivity contribution in [1.82, 2.24) is 9.62 Å². The van der Waals surface area contributed by atoms with Crippen LogP contribution in [-0.4, -0.2) is 50.0 Å². The highest BCUT2D eigenvalue weighted by Crippen LogP contribution is 2.38. The first-order valence-corrected chi connectivity index (χ1v) is 13.9. The van der Waals surface area contributed by atoms with Crippen LogP contribution in [0.4, 0.5) is 5.69 Å². The highest BCUT2D eigenvalue weighted by atomic mass is 32.2. The average molecular weight is 478 g/mol. The fourth-order valence-electron chi connectivity index (χ4n) is 4.44. The van der Waals surface area contributed by atoms with Crippen molar-refractivity contribution in [3.8, 4) is 0 Å². The molecule has 2 amide bonds. The van der Waals surface area contributed by atoms with E-state index in [1.54, 1.807) is 17.0 Å². The van der Waals surface area contributed by atoms with Crippen molar-refractivity contribution >= 4 is 39.3 Å². The lowest BCUT2D eigenvalue weighted by molar-refractivity contribution is -0.133. The summed E-state index contributed by atoms with van der Waals surface area (Å²) in [7, 11) is -3.68. The molecule has 2 aliphatic heterocycles. The van der Waals surface area contributed by atoms with Gasteiger partial charge in [-0.1, -0.05) is 24.5 Å². The number of rotatable bonds is 6. The molecule has 1 aliphatic carbocycles. The van der Waals surface area contributed by atoms with E-state index < -0.39 is 15.3 Å². The summed E-state index contributed by atoms with van der Waals surface area (Å²) >= 11 is 1.20. The Morgan fingerprint density at radius 2 is 1.91 bits per heavy atom. The largest absolute Gasteiger partial charge is 0.341 e. The molecule has 32 heavy (non-hydrogen) atoms. The van der Waals surface area contributed by atoms with Gasteiger partial charge in [0, 0.05) is 24.5 Å². The van der Waals surface area contributed by atoms with Crippen molar-refractivity contribution in [3.05, 3.63) is 29.8 Å². The third kappa shape index (κ3) is 5.55. The van der Waals surface area contributed by atoms with Gasteiger partial charge in [-0.3, -0.25) is 9.59 Å². The van der Waals surface area contributed by atoms with E-state index in [0.717, 1.165) is 44.9 Å². The fourth-order valence-corrected chi connectivity index (χ4v) is 6.55. The number of benzene rings is 1. The highest BCUT2D eigenvalue weighted by molar-refractivity contribution is 8.01. The first-order chi connectivity index (χ1) is 15.4. The lowest BCUT2D eigenvalue weighted by Crippen LogP contribution is -2.45. The number of anilines is 1. The molecule has 2 heterocycles. The molecule has 0 spiro atoms. The van der Waals surface area contributed by atoms with E-state index >= 15 is 0 Å². The third-order valence-corrected chi connectivity index (χ3v) is 8.99. The monoisotopic (exact) mass is 477 g/mol. The molecule has 2 N–H and O–H groups in total. The molecule has 0 radical (unpaired) electrons. The van der Waals surface area contributed by atoms with Crippen molar-refractivity contribution in [2.75, 3.05) is 25.0 Å². The number of allylic oxidation sites excluding steroid dienone is 1. The summed E-state index contributed by atoms with van der Waals surface area (Å²) < 4.78 is 28.2. The van der Waals surface area contributed by atoms with Gasteiger partial charge in [0.15, 0.2) is 5.25 Å². The second-order valence-corrected chi connectivity index (χ2v) is 11.6. The number of sulfonamides is 1. The minimum atomic E-state index is -3.68. The Kier molecular flexibility index (Phi) is 7.58. The fraction of sp³-hybridized carbons (Fsp3) is 0.565. The Hall–Kier alpha value is -1.84. The quantitative estimate of drug-likeness (QED) is 0.481. The number of carbonyl (C=O) groups is 2. The van der Waals surface area contributed by atoms with Crippen molar-refractivity contribution in [3.63, 3.8) is 0 Å². The molecule has 1 atom stereocenters. The van der Waals surface area contributed by atoms with Gasteiger partial charge in [-0.25, -0.2) is 13.1 Å². The molecular weight excluding hydrogens is 446 g/mol. The van der Waals surface area contributed by atoms with Crippen LogP contribution in [-0.2, 0) is 19.6 Å². The number of hydrogen-bond acceptors (Lipinski definition) is 5. The van der Waals surface area contributed by atoms with E-state index in [0.29, 0.717) is 30.2 Å². The zero-order valence-electron chi connectivity index (χ0n) is 18.3. The molecule has 0 bridgehead atoms. The SMILES string of the molecule is O=C1Nc2cc(S(=O)(=O)NCCC3=CCCCC3)ccc2S[C@H]1C(=O)N1CCCCCC1. The molecule has 0 unspecified atom stereocenters. The lowest BCUT2D eigenvalue weighted by atomic mass is 9.97. The normalized spacial score (nSPS) is 21.9. The van der Waals surface area contributed by atoms with Crippen LogP contribution >= 0.6 is 11.8 Å². The van der Waals surface area contributed by atoms with Gasteiger partial charge in [0.1, 0.15) is 0 Å². The third-order valence-electron chi connectivity index (χ3n) is 6.27. The maximum atomic E-state index is 12.9. The molecule has 1 saturated heterocycles. The van der Waals surface area contributed by atoms with Crippen LogP contribution in [0.1, 0.15) is 57.8 Å². The molecule has 7 nitrogen and oxygen atoms in total. The number of carbonyl (C=O) groups excluding carboxylic acids is 2. The number of nitrogens with zero attached hydrogens (tertiary/aromatic N) is 1. The van der Waals surface area contributed by atoms with Crippen molar-refractivity contribution in [1.29, 1.82) is 0 Å². The Labute approximate surface area is 194 Å². The van der Waals surface area contributed by atoms with Crippen molar-refractivity contribution in [2.45, 2.75) is 72.8 Å². The van der Waals surface area contributed by atoms with Gasteiger partial charge >= 0.3 is 0 Å². The molecular formula is C23H31N3O4S2. The summed E-state index contributed by atoms with van der Waals surface area (Å²) in [6.07, 6.45) is 11.6. The van der Waals surface area contributed by atoms with Gasteiger partial charge < -0.3 is 10.2 Å². The molecule has 174 valence electrons. The van der Waals surface area contributed by atoms with Crippen molar-refractivity contribution in [2.24, 2.45) is 0 Å². The Bertz CT molecular complexity index is 998. The van der Waals surface area contributed by atoms with Crippen LogP contribution < -0.4 is 10.0 Å². The number of thioether (sulfide) groups is 1. The van der Waals surface area contributed by atoms with E-state index in [2.05, 4.69) is 16.1 Å². The Morgan fingerprint density at radius 3 is 2.62 bits per heavy atom. The predicted molar refractivity (Wildman–Crippen MR) is 126 cm³/mol. The molecule has 0 aromatic heterocycles. The summed E-state index contributed by atoms with van der Waals surface area (Å²) in [6.45, 7) is 1.74. The topological polar surface area (TPSA) is 95.6 Å². The molecule has 1 aromatic rings. The zero-order chi connectivity index (χ0) is 22.6. The molecule has 0 saturated carbocycles. The minimum absolute atomic E-state index is 0.118. The zero-order valence-corrected chi connectivity index (χ0v) is 19.9. The second-order valence-electron chi connectivity index (χ2n) is 8.64. The Balaban J connectivity index is 1.41. The summed E-state index contributed by atoms with van der Waals surface area (Å²) in [5, 5.41) is 1.93. The number of amides is 2. The number of hydrogen-bond donors (Lipinski definition) is 2. The van der Waals surface area contributed by atoms with Crippen molar-refractivity contribution < 1.29 is 18.0 Å². The molecule has 4 rings (SSSR count). The summed E-state index contributed by atoms with van der Waals surface area (Å²) in [5.74, 6) is -0.543. The number of nitrogens with one attached hydrogen (secondary N) is 2. The van der Waals surface area contributed by atoms with Crippen LogP contribution in [0.25, 0.3) is 0 Å². The lowest BCUT2D eigenvalue weighted by Gasteiger charge is -2.28. The van der Waals surface area contributed by atoms with Gasteiger partial charge in [-0.15, -0.1) is 11.8 Å². The van der Waals surface area contributed by atoms with E-state index in [9.17, 15) is 18.0 Å². The summed E-state index contributed by atoms with van der Waals surface area (Å²) in [6, 6.07) is 4.70. The first-order valence-electron chi connectivity index (χ1n) is 11.5. The molecule has 9 heteroatoms. The van der Waals surface area contributed by atoms with Crippen LogP contribution in [0.2, 0.25) is 0 Å². The maximum absolute atomic E-state index is 12.9. The van der Waals surface area contributed by atoms with Gasteiger partial charge in [-0.05, 0) is 63.1 Å². The van der Waals surface area contributed by atoms with Crippen LogP contribution in [0.5, 0.6) is 0 Å². The van der Waals surface area contributed by atoms with Gasteiger partial charge in [-0.2, -0.15) is 0 Å². The number of fused-ring (bicyclic) bond motifs is 1. The van der Waals surface area contributed by atoms with Crippen LogP contribution in [0.15, 0.2) is 39.6 Å². The summed E-state index contributed by atoms with van der Waals surface area (Å²) in [4.78, 5) is 28.2. The van der Waals surface area contributed by atoms with Gasteiger partial charge in [0.2, 0.25) is 21.8 Å². The first kappa shape index (κ1) is 23.3. The van der Waals surface area contributed by atoms with Gasteiger partial charge in [0.05, 0.1) is 10.6 Å². The summed E-state index contributed by atoms with van der Waals surface area (Å²) in [5.41, 5.74) is 1.76. The van der Waals surface area contributed by atoms with E-state index in [1.165, 1.54) is 36.2 Å². The van der Waals surface area contributed by atoms with Crippen LogP contribution in [0.3, 0.4) is 0 Å². The minimum Gasteiger partial charge on any atom is -0.341 e. The number of likely N-dealkylation sites (tertiary alicyclic amines) is 1. The van der Waals surface area contributed by atoms with E-state index in [1.807, 2.05) is 0 Å². The van der Waals surface area contributed by atoms with E-state index in [-0.39, 0.29) is 16.7 Å². The predicted octanol–water partition coefficient (Wildman–Crippen LogP) is 3.67. The molecule has 1 fully saturated rings. The van der Waals surface area contributed by atoms with E-state index in [4.69, 9.17) is 0 Å². The standard InChI is InChI=1S/C23H31N3O4S2/c27-22-21(23(28)26-14-6-1-2-7-15-26)31-20-11-10-18(16-19(20)25-22)32(29,30)24-13-12-17-8-4-3-5-9-17/h8,10-11,16,21,24H,1-7,9,12-15H2,(H,25,27)/t21-/m1/s1. The average Bonchev–Trinajstić information content (AvgIpc) is 3.08. The van der Waals surface area contributed by atoms with Crippen LogP contribution in [0, 0.1) is 0 Å². The van der Waals surface area contributed by atoms with Gasteiger partial charge in [0.25, 0.3) is 0 Å². The molecule has 3 aliphatic rings. The smallest absolute Gasteiger partial charge is 0.247 e.